The van der Waals surface area contributed by atoms with Crippen LogP contribution in [0.1, 0.15) is 11.3 Å². The maximum atomic E-state index is 11.2. The van der Waals surface area contributed by atoms with Gasteiger partial charge in [-0.25, -0.2) is 0 Å². The van der Waals surface area contributed by atoms with E-state index in [4.69, 9.17) is 4.42 Å². The van der Waals surface area contributed by atoms with E-state index < -0.39 is 21.5 Å². The average Bonchev–Trinajstić information content (AvgIpc) is 3.37. The van der Waals surface area contributed by atoms with Gasteiger partial charge in [-0.15, -0.1) is 0 Å². The quantitative estimate of drug-likeness (QED) is 0.212. The highest BCUT2D eigenvalue weighted by molar-refractivity contribution is 7.00. The Bertz CT molecular complexity index is 1340. The molecule has 10 nitrogen and oxygen atoms in total. The molecule has 0 N–H and O–H groups in total. The largest absolute Gasteiger partial charge is 0.465 e. The minimum absolute atomic E-state index is 0.0756. The molecular formula is C24H16BN3O7. The molecule has 0 aliphatic heterocycles. The lowest BCUT2D eigenvalue weighted by molar-refractivity contribution is -0.385. The van der Waals surface area contributed by atoms with Crippen LogP contribution >= 0.6 is 0 Å². The first-order chi connectivity index (χ1) is 16.8. The number of furan rings is 1. The van der Waals surface area contributed by atoms with Gasteiger partial charge in [0, 0.05) is 36.4 Å². The number of non-ortho nitro benzene ring substituents is 3. The van der Waals surface area contributed by atoms with Crippen molar-refractivity contribution < 1.29 is 19.2 Å². The lowest BCUT2D eigenvalue weighted by Gasteiger charge is -2.19. The van der Waals surface area contributed by atoms with Gasteiger partial charge in [-0.1, -0.05) is 40.7 Å². The minimum atomic E-state index is -0.525. The standard InChI is InChI=1S/C24H16BN3O7/c29-26(30)20-9-3-17(4-10-20)24(16-23-2-1-15-35-23)25(18-5-11-21(12-6-18)27(31)32)19-7-13-22(14-8-19)28(33)34/h1-16H/b24-16-. The van der Waals surface area contributed by atoms with Gasteiger partial charge >= 0.3 is 0 Å². The van der Waals surface area contributed by atoms with Crippen LogP contribution in [0.5, 0.6) is 0 Å². The van der Waals surface area contributed by atoms with E-state index in [1.165, 1.54) is 42.7 Å². The Morgan fingerprint density at radius 3 is 1.46 bits per heavy atom. The van der Waals surface area contributed by atoms with Gasteiger partial charge in [-0.3, -0.25) is 30.3 Å². The van der Waals surface area contributed by atoms with Gasteiger partial charge in [0.1, 0.15) is 5.76 Å². The van der Waals surface area contributed by atoms with Crippen LogP contribution < -0.4 is 10.9 Å². The summed E-state index contributed by atoms with van der Waals surface area (Å²) in [7, 11) is 0. The molecule has 0 aliphatic rings. The number of hydrogen-bond acceptors (Lipinski definition) is 7. The van der Waals surface area contributed by atoms with E-state index in [2.05, 4.69) is 0 Å². The molecule has 0 aliphatic carbocycles. The molecule has 0 spiro atoms. The molecule has 35 heavy (non-hydrogen) atoms. The summed E-state index contributed by atoms with van der Waals surface area (Å²) in [5, 5.41) is 33.5. The maximum Gasteiger partial charge on any atom is 0.269 e. The van der Waals surface area contributed by atoms with Crippen molar-refractivity contribution in [3.63, 3.8) is 0 Å². The Balaban J connectivity index is 1.92. The van der Waals surface area contributed by atoms with Crippen molar-refractivity contribution in [2.24, 2.45) is 0 Å². The van der Waals surface area contributed by atoms with Crippen molar-refractivity contribution in [1.82, 2.24) is 0 Å². The van der Waals surface area contributed by atoms with Gasteiger partial charge in [0.2, 0.25) is 6.71 Å². The highest BCUT2D eigenvalue weighted by Gasteiger charge is 2.27. The maximum absolute atomic E-state index is 11.2. The number of rotatable bonds is 8. The second-order valence-corrected chi connectivity index (χ2v) is 7.55. The van der Waals surface area contributed by atoms with Crippen molar-refractivity contribution in [2.75, 3.05) is 0 Å². The Kier molecular flexibility index (Phi) is 6.49. The lowest BCUT2D eigenvalue weighted by atomic mass is 9.35. The number of nitro groups is 3. The van der Waals surface area contributed by atoms with Gasteiger partial charge < -0.3 is 4.42 Å². The van der Waals surface area contributed by atoms with Crippen LogP contribution in [0, 0.1) is 30.3 Å². The molecule has 3 aromatic carbocycles. The molecule has 1 heterocycles. The summed E-state index contributed by atoms with van der Waals surface area (Å²) in [4.78, 5) is 32.0. The predicted molar refractivity (Wildman–Crippen MR) is 131 cm³/mol. The first-order valence-corrected chi connectivity index (χ1v) is 10.3. The number of nitro benzene ring substituents is 3. The van der Waals surface area contributed by atoms with Crippen molar-refractivity contribution in [3.05, 3.63) is 133 Å². The fourth-order valence-corrected chi connectivity index (χ4v) is 3.76. The minimum Gasteiger partial charge on any atom is -0.465 e. The monoisotopic (exact) mass is 469 g/mol. The molecule has 0 saturated heterocycles. The second-order valence-electron chi connectivity index (χ2n) is 7.55. The highest BCUT2D eigenvalue weighted by atomic mass is 16.6. The van der Waals surface area contributed by atoms with Crippen molar-refractivity contribution in [3.8, 4) is 0 Å². The zero-order valence-corrected chi connectivity index (χ0v) is 18.0. The van der Waals surface area contributed by atoms with Gasteiger partial charge in [-0.05, 0) is 35.9 Å². The van der Waals surface area contributed by atoms with Gasteiger partial charge in [-0.2, -0.15) is 0 Å². The molecule has 1 aromatic heterocycles. The van der Waals surface area contributed by atoms with E-state index in [1.807, 2.05) is 0 Å². The molecule has 4 rings (SSSR count). The number of hydrogen-bond donors (Lipinski definition) is 0. The van der Waals surface area contributed by atoms with E-state index in [0.29, 0.717) is 27.7 Å². The molecule has 0 amide bonds. The van der Waals surface area contributed by atoms with E-state index >= 15 is 0 Å². The number of benzene rings is 3. The molecule has 172 valence electrons. The summed E-state index contributed by atoms with van der Waals surface area (Å²) in [5.41, 5.74) is 2.45. The van der Waals surface area contributed by atoms with Crippen molar-refractivity contribution in [1.29, 1.82) is 0 Å². The van der Waals surface area contributed by atoms with E-state index in [9.17, 15) is 30.3 Å². The molecule has 0 unspecified atom stereocenters. The first kappa shape index (κ1) is 23.1. The SMILES string of the molecule is O=[N+]([O-])c1ccc(B(/C(=C\c2ccco2)c2ccc([N+](=O)[O-])cc2)c2ccc([N+](=O)[O-])cc2)cc1. The Hall–Kier alpha value is -5.06. The lowest BCUT2D eigenvalue weighted by Crippen LogP contribution is -2.43. The Morgan fingerprint density at radius 2 is 1.09 bits per heavy atom. The summed E-state index contributed by atoms with van der Waals surface area (Å²) in [6.45, 7) is -0.525. The van der Waals surface area contributed by atoms with Crippen LogP contribution in [0.25, 0.3) is 11.5 Å². The van der Waals surface area contributed by atoms with Gasteiger partial charge in [0.15, 0.2) is 0 Å². The van der Waals surface area contributed by atoms with Crippen molar-refractivity contribution >= 4 is 46.2 Å². The zero-order valence-electron chi connectivity index (χ0n) is 18.0. The smallest absolute Gasteiger partial charge is 0.269 e. The van der Waals surface area contributed by atoms with Crippen LogP contribution in [-0.4, -0.2) is 21.5 Å². The highest BCUT2D eigenvalue weighted by Crippen LogP contribution is 2.25. The molecule has 0 atom stereocenters. The predicted octanol–water partition coefficient (Wildman–Crippen LogP) is 4.39. The Labute approximate surface area is 198 Å². The average molecular weight is 469 g/mol. The first-order valence-electron chi connectivity index (χ1n) is 10.3. The summed E-state index contributed by atoms with van der Waals surface area (Å²) >= 11 is 0. The molecular weight excluding hydrogens is 453 g/mol. The molecule has 0 bridgehead atoms. The van der Waals surface area contributed by atoms with Crippen LogP contribution in [0.2, 0.25) is 0 Å². The fourth-order valence-electron chi connectivity index (χ4n) is 3.76. The molecule has 11 heteroatoms. The molecule has 0 saturated carbocycles. The zero-order chi connectivity index (χ0) is 24.9. The third-order valence-electron chi connectivity index (χ3n) is 5.44. The molecule has 0 fully saturated rings. The molecule has 4 aromatic rings. The summed E-state index contributed by atoms with van der Waals surface area (Å²) in [6, 6.07) is 21.4. The fraction of sp³-hybridized carbons (Fsp3) is 0. The third kappa shape index (κ3) is 5.14. The second kappa shape index (κ2) is 9.83. The van der Waals surface area contributed by atoms with Crippen LogP contribution in [0.3, 0.4) is 0 Å². The van der Waals surface area contributed by atoms with Gasteiger partial charge in [0.05, 0.1) is 21.0 Å². The van der Waals surface area contributed by atoms with E-state index in [0.717, 1.165) is 0 Å². The van der Waals surface area contributed by atoms with E-state index in [-0.39, 0.29) is 17.1 Å². The van der Waals surface area contributed by atoms with Crippen molar-refractivity contribution in [2.45, 2.75) is 0 Å². The van der Waals surface area contributed by atoms with E-state index in [1.54, 1.807) is 54.6 Å². The summed E-state index contributed by atoms with van der Waals surface area (Å²) < 4.78 is 5.51. The van der Waals surface area contributed by atoms with Crippen LogP contribution in [0.15, 0.2) is 95.6 Å². The Morgan fingerprint density at radius 1 is 0.657 bits per heavy atom. The van der Waals surface area contributed by atoms with Crippen LogP contribution in [0.4, 0.5) is 17.1 Å². The molecule has 0 radical (unpaired) electrons. The van der Waals surface area contributed by atoms with Gasteiger partial charge in [0.25, 0.3) is 17.1 Å². The summed E-state index contributed by atoms with van der Waals surface area (Å²) in [5.74, 6) is 0.521. The third-order valence-corrected chi connectivity index (χ3v) is 5.44. The normalized spacial score (nSPS) is 11.1. The van der Waals surface area contributed by atoms with Crippen LogP contribution in [-0.2, 0) is 0 Å². The summed E-state index contributed by atoms with van der Waals surface area (Å²) in [6.07, 6.45) is 3.28. The number of nitrogens with zero attached hydrogens (tertiary/aromatic N) is 3. The topological polar surface area (TPSA) is 143 Å².